The average molecular weight is 247 g/mol. The maximum absolute atomic E-state index is 13.2. The Labute approximate surface area is 106 Å². The van der Waals surface area contributed by atoms with E-state index in [0.29, 0.717) is 5.92 Å². The lowest BCUT2D eigenvalue weighted by atomic mass is 9.76. The van der Waals surface area contributed by atoms with Crippen LogP contribution < -0.4 is 5.32 Å². The summed E-state index contributed by atoms with van der Waals surface area (Å²) >= 11 is 0. The summed E-state index contributed by atoms with van der Waals surface area (Å²) in [6.45, 7) is 6.40. The molecule has 4 heteroatoms. The van der Waals surface area contributed by atoms with Gasteiger partial charge in [-0.25, -0.2) is 9.37 Å². The summed E-state index contributed by atoms with van der Waals surface area (Å²) < 4.78 is 13.2. The van der Waals surface area contributed by atoms with Crippen LogP contribution in [0.2, 0.25) is 0 Å². The summed E-state index contributed by atoms with van der Waals surface area (Å²) in [6, 6.07) is 4.71. The molecule has 1 aliphatic rings. The van der Waals surface area contributed by atoms with Crippen LogP contribution in [0.25, 0.3) is 11.0 Å². The van der Waals surface area contributed by atoms with Gasteiger partial charge in [-0.3, -0.25) is 0 Å². The van der Waals surface area contributed by atoms with Crippen molar-refractivity contribution in [2.75, 3.05) is 13.1 Å². The zero-order valence-corrected chi connectivity index (χ0v) is 10.8. The highest BCUT2D eigenvalue weighted by Crippen LogP contribution is 2.37. The Morgan fingerprint density at radius 1 is 1.39 bits per heavy atom. The predicted octanol–water partition coefficient (Wildman–Crippen LogP) is 2.59. The number of aromatic amines is 1. The molecule has 1 unspecified atom stereocenters. The van der Waals surface area contributed by atoms with Crippen molar-refractivity contribution in [3.8, 4) is 0 Å². The van der Waals surface area contributed by atoms with Gasteiger partial charge in [-0.05, 0) is 37.1 Å². The number of fused-ring (bicyclic) bond motifs is 1. The first-order chi connectivity index (χ1) is 8.62. The maximum atomic E-state index is 13.2. The third-order valence-corrected chi connectivity index (χ3v) is 4.21. The third kappa shape index (κ3) is 1.63. The Bertz CT molecular complexity index is 567. The smallest absolute Gasteiger partial charge is 0.125 e. The first-order valence-electron chi connectivity index (χ1n) is 6.48. The van der Waals surface area contributed by atoms with Crippen LogP contribution in [0.15, 0.2) is 18.2 Å². The zero-order chi connectivity index (χ0) is 12.8. The van der Waals surface area contributed by atoms with Gasteiger partial charge >= 0.3 is 0 Å². The molecule has 0 aliphatic carbocycles. The van der Waals surface area contributed by atoms with E-state index >= 15 is 0 Å². The van der Waals surface area contributed by atoms with Crippen molar-refractivity contribution < 1.29 is 4.39 Å². The topological polar surface area (TPSA) is 40.7 Å². The monoisotopic (exact) mass is 247 g/mol. The van der Waals surface area contributed by atoms with Crippen molar-refractivity contribution in [3.63, 3.8) is 0 Å². The molecular formula is C14H18FN3. The van der Waals surface area contributed by atoms with E-state index in [1.54, 1.807) is 6.07 Å². The summed E-state index contributed by atoms with van der Waals surface area (Å²) in [7, 11) is 0. The summed E-state index contributed by atoms with van der Waals surface area (Å²) in [6.07, 6.45) is 1.08. The van der Waals surface area contributed by atoms with E-state index in [2.05, 4.69) is 29.1 Å². The van der Waals surface area contributed by atoms with Crippen molar-refractivity contribution in [3.05, 3.63) is 29.8 Å². The molecule has 3 nitrogen and oxygen atoms in total. The van der Waals surface area contributed by atoms with Crippen LogP contribution >= 0.6 is 0 Å². The molecule has 2 N–H and O–H groups in total. The first-order valence-corrected chi connectivity index (χ1v) is 6.48. The number of benzene rings is 1. The van der Waals surface area contributed by atoms with Gasteiger partial charge in [0.15, 0.2) is 0 Å². The second-order valence-electron chi connectivity index (χ2n) is 5.48. The Balaban J connectivity index is 2.12. The van der Waals surface area contributed by atoms with Crippen molar-refractivity contribution >= 4 is 11.0 Å². The lowest BCUT2D eigenvalue weighted by molar-refractivity contribution is 0.321. The lowest BCUT2D eigenvalue weighted by Crippen LogP contribution is -2.35. The SMILES string of the molecule is CC(C)C1(c2nc3ccc(F)cc3[nH]2)CCNC1. The molecule has 0 radical (unpaired) electrons. The van der Waals surface area contributed by atoms with Crippen LogP contribution in [0, 0.1) is 11.7 Å². The Morgan fingerprint density at radius 3 is 2.89 bits per heavy atom. The molecule has 18 heavy (non-hydrogen) atoms. The second-order valence-corrected chi connectivity index (χ2v) is 5.48. The normalized spacial score (nSPS) is 24.2. The molecule has 3 rings (SSSR count). The number of nitrogens with zero attached hydrogens (tertiary/aromatic N) is 1. The molecule has 96 valence electrons. The number of halogens is 1. The predicted molar refractivity (Wildman–Crippen MR) is 70.1 cm³/mol. The van der Waals surface area contributed by atoms with Crippen molar-refractivity contribution in [1.82, 2.24) is 15.3 Å². The minimum Gasteiger partial charge on any atom is -0.341 e. The van der Waals surface area contributed by atoms with Gasteiger partial charge in [0.1, 0.15) is 11.6 Å². The second kappa shape index (κ2) is 4.05. The van der Waals surface area contributed by atoms with E-state index in [0.717, 1.165) is 36.4 Å². The van der Waals surface area contributed by atoms with E-state index in [1.165, 1.54) is 12.1 Å². The molecule has 1 fully saturated rings. The van der Waals surface area contributed by atoms with Gasteiger partial charge in [0, 0.05) is 12.0 Å². The molecule has 0 spiro atoms. The lowest BCUT2D eigenvalue weighted by Gasteiger charge is -2.30. The van der Waals surface area contributed by atoms with Gasteiger partial charge < -0.3 is 10.3 Å². The molecule has 0 bridgehead atoms. The first kappa shape index (κ1) is 11.7. The minimum absolute atomic E-state index is 0.0511. The fraction of sp³-hybridized carbons (Fsp3) is 0.500. The fourth-order valence-corrected chi connectivity index (χ4v) is 2.90. The Morgan fingerprint density at radius 2 is 2.22 bits per heavy atom. The van der Waals surface area contributed by atoms with E-state index < -0.39 is 0 Å². The van der Waals surface area contributed by atoms with E-state index in [9.17, 15) is 4.39 Å². The van der Waals surface area contributed by atoms with Crippen molar-refractivity contribution in [2.45, 2.75) is 25.7 Å². The number of imidazole rings is 1. The molecule has 1 atom stereocenters. The summed E-state index contributed by atoms with van der Waals surface area (Å²) in [5, 5.41) is 3.41. The zero-order valence-electron chi connectivity index (χ0n) is 10.8. The maximum Gasteiger partial charge on any atom is 0.125 e. The van der Waals surface area contributed by atoms with Gasteiger partial charge in [-0.1, -0.05) is 13.8 Å². The van der Waals surface area contributed by atoms with Crippen LogP contribution in [-0.2, 0) is 5.41 Å². The molecule has 1 aromatic carbocycles. The highest BCUT2D eigenvalue weighted by atomic mass is 19.1. The highest BCUT2D eigenvalue weighted by molar-refractivity contribution is 5.75. The van der Waals surface area contributed by atoms with Gasteiger partial charge in [0.05, 0.1) is 11.0 Å². The van der Waals surface area contributed by atoms with Crippen molar-refractivity contribution in [1.29, 1.82) is 0 Å². The fourth-order valence-electron chi connectivity index (χ4n) is 2.90. The average Bonchev–Trinajstić information content (AvgIpc) is 2.94. The number of rotatable bonds is 2. The number of aromatic nitrogens is 2. The molecule has 1 aliphatic heterocycles. The molecule has 2 aromatic rings. The standard InChI is InChI=1S/C14H18FN3/c1-9(2)14(5-6-16-8-14)13-17-11-4-3-10(15)7-12(11)18-13/h3-4,7,9,16H,5-6,8H2,1-2H3,(H,17,18). The van der Waals surface area contributed by atoms with Crippen LogP contribution in [0.3, 0.4) is 0 Å². The van der Waals surface area contributed by atoms with Gasteiger partial charge in [0.2, 0.25) is 0 Å². The third-order valence-electron chi connectivity index (χ3n) is 4.21. The van der Waals surface area contributed by atoms with Crippen molar-refractivity contribution in [2.24, 2.45) is 5.92 Å². The van der Waals surface area contributed by atoms with Crippen LogP contribution in [0.5, 0.6) is 0 Å². The molecule has 0 saturated carbocycles. The van der Waals surface area contributed by atoms with E-state index in [4.69, 9.17) is 0 Å². The number of hydrogen-bond donors (Lipinski definition) is 2. The molecule has 1 aromatic heterocycles. The Hall–Kier alpha value is -1.42. The molecular weight excluding hydrogens is 229 g/mol. The number of H-pyrrole nitrogens is 1. The van der Waals surface area contributed by atoms with E-state index in [-0.39, 0.29) is 11.2 Å². The van der Waals surface area contributed by atoms with Gasteiger partial charge in [-0.2, -0.15) is 0 Å². The quantitative estimate of drug-likeness (QED) is 0.856. The van der Waals surface area contributed by atoms with Crippen LogP contribution in [0.4, 0.5) is 4.39 Å². The van der Waals surface area contributed by atoms with Crippen LogP contribution in [0.1, 0.15) is 26.1 Å². The summed E-state index contributed by atoms with van der Waals surface area (Å²) in [4.78, 5) is 7.98. The molecule has 1 saturated heterocycles. The summed E-state index contributed by atoms with van der Waals surface area (Å²) in [5.41, 5.74) is 1.69. The van der Waals surface area contributed by atoms with Crippen LogP contribution in [-0.4, -0.2) is 23.1 Å². The highest BCUT2D eigenvalue weighted by Gasteiger charge is 2.41. The van der Waals surface area contributed by atoms with Gasteiger partial charge in [0.25, 0.3) is 0 Å². The molecule has 2 heterocycles. The largest absolute Gasteiger partial charge is 0.341 e. The summed E-state index contributed by atoms with van der Waals surface area (Å²) in [5.74, 6) is 1.27. The van der Waals surface area contributed by atoms with E-state index in [1.807, 2.05) is 0 Å². The molecule has 0 amide bonds. The Kier molecular flexibility index (Phi) is 2.63. The van der Waals surface area contributed by atoms with Gasteiger partial charge in [-0.15, -0.1) is 0 Å². The number of hydrogen-bond acceptors (Lipinski definition) is 2. The minimum atomic E-state index is -0.221. The number of nitrogens with one attached hydrogen (secondary N) is 2.